The maximum Gasteiger partial charge on any atom is 0.409 e. The largest absolute Gasteiger partial charge is 0.449 e. The summed E-state index contributed by atoms with van der Waals surface area (Å²) in [5.74, 6) is -0.110. The lowest BCUT2D eigenvalue weighted by molar-refractivity contribution is 0.0990. The summed E-state index contributed by atoms with van der Waals surface area (Å²) < 4.78 is 28.0. The summed E-state index contributed by atoms with van der Waals surface area (Å²) in [6.07, 6.45) is 1.23. The van der Waals surface area contributed by atoms with E-state index in [4.69, 9.17) is 9.84 Å². The molecule has 1 fully saturated rings. The predicted octanol–water partition coefficient (Wildman–Crippen LogP) is 0.0144. The summed E-state index contributed by atoms with van der Waals surface area (Å²) in [4.78, 5) is 12.9. The van der Waals surface area contributed by atoms with Crippen LogP contribution in [0.25, 0.3) is 0 Å². The van der Waals surface area contributed by atoms with Gasteiger partial charge in [-0.2, -0.15) is 0 Å². The molecule has 17 heavy (non-hydrogen) atoms. The quantitative estimate of drug-likeness (QED) is 0.724. The first-order valence-corrected chi connectivity index (χ1v) is 7.47. The Labute approximate surface area is 101 Å². The molecule has 1 N–H and O–H groups in total. The molecule has 0 aromatic heterocycles. The van der Waals surface area contributed by atoms with Crippen LogP contribution in [0, 0.1) is 0 Å². The summed E-state index contributed by atoms with van der Waals surface area (Å²) in [6, 6.07) is 0. The van der Waals surface area contributed by atoms with E-state index in [-0.39, 0.29) is 18.8 Å². The normalized spacial score (nSPS) is 23.4. The van der Waals surface area contributed by atoms with Crippen molar-refractivity contribution in [2.75, 3.05) is 32.1 Å². The third-order valence-electron chi connectivity index (χ3n) is 2.76. The average molecular weight is 265 g/mol. The molecule has 1 aliphatic heterocycles. The van der Waals surface area contributed by atoms with Crippen LogP contribution in [0.1, 0.15) is 19.8 Å². The number of hydrogen-bond acceptors (Lipinski definition) is 5. The minimum absolute atomic E-state index is 0.0177. The molecule has 1 rings (SSSR count). The second-order valence-electron chi connectivity index (χ2n) is 4.09. The van der Waals surface area contributed by atoms with Crippen LogP contribution in [-0.4, -0.2) is 61.8 Å². The van der Waals surface area contributed by atoms with Crippen LogP contribution < -0.4 is 0 Å². The lowest BCUT2D eigenvalue weighted by Crippen LogP contribution is -2.50. The van der Waals surface area contributed by atoms with E-state index >= 15 is 0 Å². The van der Waals surface area contributed by atoms with Gasteiger partial charge in [-0.1, -0.05) is 13.3 Å². The van der Waals surface area contributed by atoms with Gasteiger partial charge in [0.25, 0.3) is 0 Å². The second kappa shape index (κ2) is 6.20. The highest BCUT2D eigenvalue weighted by Crippen LogP contribution is 2.13. The van der Waals surface area contributed by atoms with Crippen molar-refractivity contribution in [1.29, 1.82) is 0 Å². The Kier molecular flexibility index (Phi) is 5.20. The summed E-state index contributed by atoms with van der Waals surface area (Å²) in [5.41, 5.74) is 0. The molecule has 0 aliphatic carbocycles. The van der Waals surface area contributed by atoms with Crippen molar-refractivity contribution >= 4 is 15.9 Å². The van der Waals surface area contributed by atoms with Gasteiger partial charge in [0.2, 0.25) is 0 Å². The van der Waals surface area contributed by atoms with E-state index in [1.165, 1.54) is 4.90 Å². The van der Waals surface area contributed by atoms with Crippen molar-refractivity contribution in [2.45, 2.75) is 25.0 Å². The molecule has 1 amide bonds. The van der Waals surface area contributed by atoms with Crippen molar-refractivity contribution in [1.82, 2.24) is 4.90 Å². The fraction of sp³-hybridized carbons (Fsp3) is 0.900. The highest BCUT2D eigenvalue weighted by Gasteiger charge is 2.34. The van der Waals surface area contributed by atoms with E-state index in [1.54, 1.807) is 0 Å². The van der Waals surface area contributed by atoms with E-state index in [0.717, 1.165) is 12.8 Å². The number of aliphatic hydroxyl groups is 1. The standard InChI is InChI=1S/C10H19NO5S/c1-2-3-5-16-10(13)11-4-6-17(14,15)9(7-11)8-12/h9,12H,2-8H2,1H3. The molecule has 1 heterocycles. The minimum atomic E-state index is -3.26. The fourth-order valence-electron chi connectivity index (χ4n) is 1.59. The van der Waals surface area contributed by atoms with Crippen LogP contribution in [0.3, 0.4) is 0 Å². The number of carbonyl (C=O) groups is 1. The molecule has 0 saturated carbocycles. The van der Waals surface area contributed by atoms with Crippen molar-refractivity contribution < 1.29 is 23.1 Å². The van der Waals surface area contributed by atoms with E-state index in [1.807, 2.05) is 6.92 Å². The van der Waals surface area contributed by atoms with Gasteiger partial charge >= 0.3 is 6.09 Å². The third kappa shape index (κ3) is 3.85. The fourth-order valence-corrected chi connectivity index (χ4v) is 3.03. The first kappa shape index (κ1) is 14.2. The SMILES string of the molecule is CCCCOC(=O)N1CCS(=O)(=O)C(CO)C1. The number of nitrogens with zero attached hydrogens (tertiary/aromatic N) is 1. The lowest BCUT2D eigenvalue weighted by Gasteiger charge is -2.30. The van der Waals surface area contributed by atoms with E-state index in [9.17, 15) is 13.2 Å². The Hall–Kier alpha value is -0.820. The monoisotopic (exact) mass is 265 g/mol. The van der Waals surface area contributed by atoms with E-state index < -0.39 is 27.8 Å². The maximum atomic E-state index is 11.6. The molecule has 7 heteroatoms. The van der Waals surface area contributed by atoms with Gasteiger partial charge in [0, 0.05) is 13.1 Å². The predicted molar refractivity (Wildman–Crippen MR) is 62.5 cm³/mol. The van der Waals surface area contributed by atoms with Crippen LogP contribution in [0.15, 0.2) is 0 Å². The first-order valence-electron chi connectivity index (χ1n) is 5.75. The molecule has 1 unspecified atom stereocenters. The van der Waals surface area contributed by atoms with Crippen LogP contribution >= 0.6 is 0 Å². The molecule has 100 valence electrons. The van der Waals surface area contributed by atoms with Crippen LogP contribution in [0.5, 0.6) is 0 Å². The zero-order chi connectivity index (χ0) is 12.9. The summed E-state index contributed by atoms with van der Waals surface area (Å²) in [6.45, 7) is 2.04. The highest BCUT2D eigenvalue weighted by molar-refractivity contribution is 7.92. The summed E-state index contributed by atoms with van der Waals surface area (Å²) >= 11 is 0. The summed E-state index contributed by atoms with van der Waals surface area (Å²) in [7, 11) is -3.26. The number of ether oxygens (including phenoxy) is 1. The maximum absolute atomic E-state index is 11.6. The number of hydrogen-bond donors (Lipinski definition) is 1. The van der Waals surface area contributed by atoms with Gasteiger partial charge in [0.05, 0.1) is 19.0 Å². The highest BCUT2D eigenvalue weighted by atomic mass is 32.2. The van der Waals surface area contributed by atoms with E-state index in [0.29, 0.717) is 6.61 Å². The van der Waals surface area contributed by atoms with Crippen LogP contribution in [0.4, 0.5) is 4.79 Å². The Morgan fingerprint density at radius 3 is 2.82 bits per heavy atom. The molecule has 0 aromatic carbocycles. The van der Waals surface area contributed by atoms with E-state index in [2.05, 4.69) is 0 Å². The van der Waals surface area contributed by atoms with Gasteiger partial charge in [-0.15, -0.1) is 0 Å². The Morgan fingerprint density at radius 1 is 1.53 bits per heavy atom. The average Bonchev–Trinajstić information content (AvgIpc) is 2.29. The number of amides is 1. The van der Waals surface area contributed by atoms with Gasteiger partial charge in [-0.05, 0) is 6.42 Å². The van der Waals surface area contributed by atoms with Gasteiger partial charge in [0.15, 0.2) is 9.84 Å². The van der Waals surface area contributed by atoms with Gasteiger partial charge in [-0.25, -0.2) is 13.2 Å². The van der Waals surface area contributed by atoms with Gasteiger partial charge < -0.3 is 14.7 Å². The van der Waals surface area contributed by atoms with Gasteiger partial charge in [-0.3, -0.25) is 0 Å². The Balaban J connectivity index is 2.49. The number of sulfone groups is 1. The molecule has 6 nitrogen and oxygen atoms in total. The number of aliphatic hydroxyl groups excluding tert-OH is 1. The molecule has 1 aliphatic rings. The van der Waals surface area contributed by atoms with Crippen LogP contribution in [-0.2, 0) is 14.6 Å². The zero-order valence-corrected chi connectivity index (χ0v) is 10.8. The second-order valence-corrected chi connectivity index (χ2v) is 6.49. The van der Waals surface area contributed by atoms with Crippen molar-refractivity contribution in [2.24, 2.45) is 0 Å². The molecule has 1 atom stereocenters. The number of rotatable bonds is 4. The molecule has 1 saturated heterocycles. The molecular weight excluding hydrogens is 246 g/mol. The Bertz CT molecular complexity index is 354. The zero-order valence-electron chi connectivity index (χ0n) is 9.96. The van der Waals surface area contributed by atoms with Crippen LogP contribution in [0.2, 0.25) is 0 Å². The lowest BCUT2D eigenvalue weighted by atomic mass is 10.3. The number of unbranched alkanes of at least 4 members (excludes halogenated alkanes) is 1. The Morgan fingerprint density at radius 2 is 2.24 bits per heavy atom. The smallest absolute Gasteiger partial charge is 0.409 e. The van der Waals surface area contributed by atoms with Crippen molar-refractivity contribution in [3.05, 3.63) is 0 Å². The van der Waals surface area contributed by atoms with Crippen molar-refractivity contribution in [3.63, 3.8) is 0 Å². The molecule has 0 radical (unpaired) electrons. The van der Waals surface area contributed by atoms with Crippen molar-refractivity contribution in [3.8, 4) is 0 Å². The molecular formula is C10H19NO5S. The molecule has 0 bridgehead atoms. The topological polar surface area (TPSA) is 83.9 Å². The van der Waals surface area contributed by atoms with Gasteiger partial charge in [0.1, 0.15) is 5.25 Å². The molecule has 0 aromatic rings. The summed E-state index contributed by atoms with van der Waals surface area (Å²) in [5, 5.41) is 8.10. The third-order valence-corrected chi connectivity index (χ3v) is 4.83. The number of carbonyl (C=O) groups excluding carboxylic acids is 1. The first-order chi connectivity index (χ1) is 8.01. The minimum Gasteiger partial charge on any atom is -0.449 e. The molecule has 0 spiro atoms.